The first-order chi connectivity index (χ1) is 11.1. The molecule has 0 saturated heterocycles. The van der Waals surface area contributed by atoms with E-state index in [4.69, 9.17) is 10.5 Å². The van der Waals surface area contributed by atoms with Gasteiger partial charge in [-0.25, -0.2) is 4.98 Å². The summed E-state index contributed by atoms with van der Waals surface area (Å²) in [5.41, 5.74) is 7.67. The van der Waals surface area contributed by atoms with Crippen molar-refractivity contribution in [3.8, 4) is 17.0 Å². The van der Waals surface area contributed by atoms with Gasteiger partial charge in [-0.1, -0.05) is 30.3 Å². The van der Waals surface area contributed by atoms with Gasteiger partial charge in [-0.2, -0.15) is 0 Å². The standard InChI is InChI=1S/C17H14BrN3O2/c18-14-15(20-17(19)21-16(14)22)12-6-8-13(9-7-12)23-10-11-4-2-1-3-5-11/h1-9H,10H2,(H3,19,20,21,22). The molecule has 3 N–H and O–H groups in total. The summed E-state index contributed by atoms with van der Waals surface area (Å²) in [6, 6.07) is 17.3. The van der Waals surface area contributed by atoms with Crippen molar-refractivity contribution >= 4 is 21.9 Å². The van der Waals surface area contributed by atoms with Gasteiger partial charge in [0.15, 0.2) is 0 Å². The third-order valence-corrected chi connectivity index (χ3v) is 3.99. The van der Waals surface area contributed by atoms with Crippen LogP contribution in [0.1, 0.15) is 5.56 Å². The lowest BCUT2D eigenvalue weighted by molar-refractivity contribution is 0.306. The first kappa shape index (κ1) is 15.3. The Labute approximate surface area is 141 Å². The van der Waals surface area contributed by atoms with Crippen LogP contribution in [0.4, 0.5) is 5.95 Å². The molecule has 1 heterocycles. The van der Waals surface area contributed by atoms with Gasteiger partial charge >= 0.3 is 0 Å². The van der Waals surface area contributed by atoms with E-state index in [1.54, 1.807) is 0 Å². The van der Waals surface area contributed by atoms with E-state index in [2.05, 4.69) is 25.9 Å². The summed E-state index contributed by atoms with van der Waals surface area (Å²) in [5, 5.41) is 0. The van der Waals surface area contributed by atoms with Crippen LogP contribution in [0.2, 0.25) is 0 Å². The van der Waals surface area contributed by atoms with Crippen molar-refractivity contribution in [1.29, 1.82) is 0 Å². The van der Waals surface area contributed by atoms with Crippen molar-refractivity contribution in [2.75, 3.05) is 5.73 Å². The van der Waals surface area contributed by atoms with Crippen molar-refractivity contribution in [2.45, 2.75) is 6.61 Å². The van der Waals surface area contributed by atoms with Crippen LogP contribution < -0.4 is 16.0 Å². The maximum atomic E-state index is 11.7. The Morgan fingerprint density at radius 3 is 2.48 bits per heavy atom. The molecule has 0 bridgehead atoms. The number of nitrogens with zero attached hydrogens (tertiary/aromatic N) is 1. The highest BCUT2D eigenvalue weighted by molar-refractivity contribution is 9.10. The second kappa shape index (κ2) is 6.66. The van der Waals surface area contributed by atoms with Crippen LogP contribution in [0.15, 0.2) is 63.9 Å². The molecule has 3 rings (SSSR count). The number of nitrogen functional groups attached to an aromatic ring is 1. The molecule has 5 nitrogen and oxygen atoms in total. The first-order valence-corrected chi connectivity index (χ1v) is 7.75. The Bertz CT molecular complexity index is 861. The summed E-state index contributed by atoms with van der Waals surface area (Å²) in [5.74, 6) is 0.823. The van der Waals surface area contributed by atoms with Crippen LogP contribution in [0.5, 0.6) is 5.75 Å². The van der Waals surface area contributed by atoms with Gasteiger partial charge in [0.05, 0.1) is 5.69 Å². The average Bonchev–Trinajstić information content (AvgIpc) is 2.58. The van der Waals surface area contributed by atoms with Crippen molar-refractivity contribution in [1.82, 2.24) is 9.97 Å². The minimum Gasteiger partial charge on any atom is -0.489 e. The van der Waals surface area contributed by atoms with Crippen LogP contribution in [-0.2, 0) is 6.61 Å². The molecule has 0 atom stereocenters. The molecule has 0 fully saturated rings. The number of rotatable bonds is 4. The molecule has 3 aromatic rings. The normalized spacial score (nSPS) is 10.5. The molecule has 0 spiro atoms. The van der Waals surface area contributed by atoms with Crippen molar-refractivity contribution in [3.05, 3.63) is 75.0 Å². The molecule has 0 radical (unpaired) electrons. The molecular weight excluding hydrogens is 358 g/mol. The second-order valence-electron chi connectivity index (χ2n) is 4.91. The van der Waals surface area contributed by atoms with E-state index in [0.717, 1.165) is 16.9 Å². The summed E-state index contributed by atoms with van der Waals surface area (Å²) in [7, 11) is 0. The van der Waals surface area contributed by atoms with Gasteiger partial charge in [0.25, 0.3) is 5.56 Å². The zero-order chi connectivity index (χ0) is 16.2. The molecule has 0 aliphatic rings. The lowest BCUT2D eigenvalue weighted by atomic mass is 10.1. The summed E-state index contributed by atoms with van der Waals surface area (Å²) in [6.07, 6.45) is 0. The number of ether oxygens (including phenoxy) is 1. The van der Waals surface area contributed by atoms with Crippen LogP contribution in [-0.4, -0.2) is 9.97 Å². The number of H-pyrrole nitrogens is 1. The van der Waals surface area contributed by atoms with Gasteiger partial charge in [0.2, 0.25) is 5.95 Å². The number of aromatic amines is 1. The number of benzene rings is 2. The highest BCUT2D eigenvalue weighted by Crippen LogP contribution is 2.26. The van der Waals surface area contributed by atoms with Crippen LogP contribution in [0, 0.1) is 0 Å². The molecule has 0 saturated carbocycles. The maximum Gasteiger partial charge on any atom is 0.267 e. The molecule has 6 heteroatoms. The molecule has 23 heavy (non-hydrogen) atoms. The summed E-state index contributed by atoms with van der Waals surface area (Å²) >= 11 is 3.24. The Morgan fingerprint density at radius 2 is 1.78 bits per heavy atom. The molecule has 116 valence electrons. The van der Waals surface area contributed by atoms with E-state index in [1.807, 2.05) is 54.6 Å². The second-order valence-corrected chi connectivity index (χ2v) is 5.71. The minimum atomic E-state index is -0.308. The number of hydrogen-bond acceptors (Lipinski definition) is 4. The highest BCUT2D eigenvalue weighted by Gasteiger charge is 2.10. The summed E-state index contributed by atoms with van der Waals surface area (Å²) in [6.45, 7) is 0.500. The van der Waals surface area contributed by atoms with Crippen molar-refractivity contribution in [3.63, 3.8) is 0 Å². The monoisotopic (exact) mass is 371 g/mol. The van der Waals surface area contributed by atoms with E-state index in [-0.39, 0.29) is 11.5 Å². The summed E-state index contributed by atoms with van der Waals surface area (Å²) < 4.78 is 6.09. The van der Waals surface area contributed by atoms with Crippen LogP contribution in [0.25, 0.3) is 11.3 Å². The van der Waals surface area contributed by atoms with Gasteiger partial charge in [0, 0.05) is 5.56 Å². The Morgan fingerprint density at radius 1 is 1.09 bits per heavy atom. The smallest absolute Gasteiger partial charge is 0.267 e. The van der Waals surface area contributed by atoms with Gasteiger partial charge in [-0.3, -0.25) is 9.78 Å². The fraction of sp³-hybridized carbons (Fsp3) is 0.0588. The topological polar surface area (TPSA) is 81.0 Å². The third-order valence-electron chi connectivity index (χ3n) is 3.26. The summed E-state index contributed by atoms with van der Waals surface area (Å²) in [4.78, 5) is 18.3. The van der Waals surface area contributed by atoms with Crippen molar-refractivity contribution < 1.29 is 4.74 Å². The number of halogens is 1. The SMILES string of the molecule is Nc1nc(-c2ccc(OCc3ccccc3)cc2)c(Br)c(=O)[nH]1. The van der Waals surface area contributed by atoms with E-state index >= 15 is 0 Å². The molecule has 0 amide bonds. The van der Waals surface area contributed by atoms with Crippen molar-refractivity contribution in [2.24, 2.45) is 0 Å². The van der Waals surface area contributed by atoms with Crippen LogP contribution in [0.3, 0.4) is 0 Å². The van der Waals surface area contributed by atoms with Gasteiger partial charge in [-0.15, -0.1) is 0 Å². The molecule has 0 aliphatic heterocycles. The number of nitrogens with two attached hydrogens (primary N) is 1. The van der Waals surface area contributed by atoms with Gasteiger partial charge in [0.1, 0.15) is 16.8 Å². The molecule has 2 aromatic carbocycles. The Balaban J connectivity index is 1.79. The fourth-order valence-electron chi connectivity index (χ4n) is 2.12. The molecule has 0 aliphatic carbocycles. The largest absolute Gasteiger partial charge is 0.489 e. The minimum absolute atomic E-state index is 0.0811. The number of hydrogen-bond donors (Lipinski definition) is 2. The lowest BCUT2D eigenvalue weighted by Crippen LogP contribution is -2.13. The van der Waals surface area contributed by atoms with Gasteiger partial charge in [-0.05, 0) is 45.8 Å². The highest BCUT2D eigenvalue weighted by atomic mass is 79.9. The predicted molar refractivity (Wildman–Crippen MR) is 93.2 cm³/mol. The third kappa shape index (κ3) is 3.60. The lowest BCUT2D eigenvalue weighted by Gasteiger charge is -2.08. The quantitative estimate of drug-likeness (QED) is 0.736. The first-order valence-electron chi connectivity index (χ1n) is 6.96. The zero-order valence-electron chi connectivity index (χ0n) is 12.1. The zero-order valence-corrected chi connectivity index (χ0v) is 13.7. The van der Waals surface area contributed by atoms with E-state index in [0.29, 0.717) is 16.8 Å². The maximum absolute atomic E-state index is 11.7. The van der Waals surface area contributed by atoms with E-state index < -0.39 is 0 Å². The van der Waals surface area contributed by atoms with Crippen LogP contribution >= 0.6 is 15.9 Å². The predicted octanol–water partition coefficient (Wildman–Crippen LogP) is 3.36. The van der Waals surface area contributed by atoms with E-state index in [9.17, 15) is 4.79 Å². The number of aromatic nitrogens is 2. The Hall–Kier alpha value is -2.60. The Kier molecular flexibility index (Phi) is 4.43. The molecular formula is C17H14BrN3O2. The fourth-order valence-corrected chi connectivity index (χ4v) is 2.53. The van der Waals surface area contributed by atoms with E-state index in [1.165, 1.54) is 0 Å². The number of anilines is 1. The molecule has 0 unspecified atom stereocenters. The average molecular weight is 372 g/mol. The molecule has 1 aromatic heterocycles. The van der Waals surface area contributed by atoms with Gasteiger partial charge < -0.3 is 10.5 Å². The number of nitrogens with one attached hydrogen (secondary N) is 1.